The van der Waals surface area contributed by atoms with Crippen LogP contribution in [0.15, 0.2) is 18.5 Å². The third-order valence-electron chi connectivity index (χ3n) is 2.76. The van der Waals surface area contributed by atoms with E-state index >= 15 is 0 Å². The predicted molar refractivity (Wildman–Crippen MR) is 60.9 cm³/mol. The number of rotatable bonds is 3. The zero-order valence-corrected chi connectivity index (χ0v) is 9.40. The quantitative estimate of drug-likeness (QED) is 0.859. The van der Waals surface area contributed by atoms with Gasteiger partial charge in [-0.05, 0) is 31.0 Å². The van der Waals surface area contributed by atoms with E-state index in [1.54, 1.807) is 12.4 Å². The van der Waals surface area contributed by atoms with E-state index in [9.17, 15) is 4.79 Å². The summed E-state index contributed by atoms with van der Waals surface area (Å²) in [6.45, 7) is 4.16. The fourth-order valence-electron chi connectivity index (χ4n) is 1.90. The highest BCUT2D eigenvalue weighted by Gasteiger charge is 2.09. The van der Waals surface area contributed by atoms with E-state index in [-0.39, 0.29) is 5.69 Å². The Bertz CT molecular complexity index is 543. The smallest absolute Gasteiger partial charge is 0.354 e. The molecule has 0 aliphatic heterocycles. The fourth-order valence-corrected chi connectivity index (χ4v) is 1.90. The van der Waals surface area contributed by atoms with Crippen molar-refractivity contribution in [1.82, 2.24) is 9.38 Å². The summed E-state index contributed by atoms with van der Waals surface area (Å²) in [6, 6.07) is 3.64. The Morgan fingerprint density at radius 3 is 2.88 bits per heavy atom. The molecular formula is C12H14N2O2. The Morgan fingerprint density at radius 1 is 1.50 bits per heavy atom. The SMILES string of the molecule is CCCc1cc2cc(C(=O)O)ncn2c1C. The molecule has 0 spiro atoms. The molecule has 2 rings (SSSR count). The zero-order chi connectivity index (χ0) is 11.7. The highest BCUT2D eigenvalue weighted by molar-refractivity contribution is 5.86. The van der Waals surface area contributed by atoms with Crippen molar-refractivity contribution in [2.45, 2.75) is 26.7 Å². The Balaban J connectivity index is 2.58. The van der Waals surface area contributed by atoms with Crippen LogP contribution < -0.4 is 0 Å². The molecule has 4 heteroatoms. The van der Waals surface area contributed by atoms with Gasteiger partial charge in [0.05, 0.1) is 0 Å². The van der Waals surface area contributed by atoms with Crippen LogP contribution in [0, 0.1) is 6.92 Å². The van der Waals surface area contributed by atoms with Crippen LogP contribution >= 0.6 is 0 Å². The van der Waals surface area contributed by atoms with Crippen molar-refractivity contribution >= 4 is 11.5 Å². The molecule has 16 heavy (non-hydrogen) atoms. The summed E-state index contributed by atoms with van der Waals surface area (Å²) < 4.78 is 1.93. The first-order valence-electron chi connectivity index (χ1n) is 5.33. The first kappa shape index (κ1) is 10.7. The second-order valence-electron chi connectivity index (χ2n) is 3.88. The lowest BCUT2D eigenvalue weighted by atomic mass is 10.1. The summed E-state index contributed by atoms with van der Waals surface area (Å²) in [6.07, 6.45) is 3.67. The Labute approximate surface area is 93.5 Å². The van der Waals surface area contributed by atoms with Crippen molar-refractivity contribution < 1.29 is 9.90 Å². The van der Waals surface area contributed by atoms with Gasteiger partial charge in [0.2, 0.25) is 0 Å². The van der Waals surface area contributed by atoms with Gasteiger partial charge in [-0.15, -0.1) is 0 Å². The number of aryl methyl sites for hydroxylation is 2. The van der Waals surface area contributed by atoms with Crippen LogP contribution in [0.4, 0.5) is 0 Å². The molecule has 0 atom stereocenters. The Morgan fingerprint density at radius 2 is 2.25 bits per heavy atom. The van der Waals surface area contributed by atoms with Gasteiger partial charge in [-0.2, -0.15) is 0 Å². The van der Waals surface area contributed by atoms with Gasteiger partial charge in [0.15, 0.2) is 5.69 Å². The minimum Gasteiger partial charge on any atom is -0.477 e. The fraction of sp³-hybridized carbons (Fsp3) is 0.333. The lowest BCUT2D eigenvalue weighted by molar-refractivity contribution is 0.0690. The van der Waals surface area contributed by atoms with E-state index in [1.165, 1.54) is 5.56 Å². The monoisotopic (exact) mass is 218 g/mol. The van der Waals surface area contributed by atoms with Crippen LogP contribution in [-0.4, -0.2) is 20.5 Å². The van der Waals surface area contributed by atoms with Gasteiger partial charge in [0.25, 0.3) is 0 Å². The standard InChI is InChI=1S/C12H14N2O2/c1-3-4-9-5-10-6-11(12(15)16)13-7-14(10)8(9)2/h5-7H,3-4H2,1-2H3,(H,15,16). The van der Waals surface area contributed by atoms with Gasteiger partial charge < -0.3 is 9.51 Å². The van der Waals surface area contributed by atoms with Crippen molar-refractivity contribution in [2.75, 3.05) is 0 Å². The Kier molecular flexibility index (Phi) is 2.64. The molecule has 0 bridgehead atoms. The van der Waals surface area contributed by atoms with Gasteiger partial charge in [0.1, 0.15) is 6.33 Å². The molecular weight excluding hydrogens is 204 g/mol. The number of carbonyl (C=O) groups is 1. The first-order valence-corrected chi connectivity index (χ1v) is 5.33. The van der Waals surface area contributed by atoms with Crippen molar-refractivity contribution in [1.29, 1.82) is 0 Å². The maximum absolute atomic E-state index is 10.8. The van der Waals surface area contributed by atoms with Gasteiger partial charge in [0, 0.05) is 11.2 Å². The molecule has 0 aliphatic rings. The summed E-state index contributed by atoms with van der Waals surface area (Å²) in [5.74, 6) is -0.988. The molecule has 2 heterocycles. The van der Waals surface area contributed by atoms with Gasteiger partial charge in [-0.3, -0.25) is 0 Å². The van der Waals surface area contributed by atoms with E-state index in [2.05, 4.69) is 11.9 Å². The van der Waals surface area contributed by atoms with Crippen LogP contribution in [0.1, 0.15) is 35.1 Å². The summed E-state index contributed by atoms with van der Waals surface area (Å²) in [4.78, 5) is 14.7. The second-order valence-corrected chi connectivity index (χ2v) is 3.88. The maximum Gasteiger partial charge on any atom is 0.354 e. The molecule has 84 valence electrons. The summed E-state index contributed by atoms with van der Waals surface area (Å²) in [7, 11) is 0. The second kappa shape index (κ2) is 3.96. The lowest BCUT2D eigenvalue weighted by Gasteiger charge is -1.99. The number of hydrogen-bond acceptors (Lipinski definition) is 2. The molecule has 0 fully saturated rings. The normalized spacial score (nSPS) is 10.9. The molecule has 2 aromatic rings. The van der Waals surface area contributed by atoms with Crippen molar-refractivity contribution in [3.63, 3.8) is 0 Å². The largest absolute Gasteiger partial charge is 0.477 e. The molecule has 0 aromatic carbocycles. The van der Waals surface area contributed by atoms with Crippen LogP contribution in [0.5, 0.6) is 0 Å². The molecule has 0 amide bonds. The predicted octanol–water partition coefficient (Wildman–Crippen LogP) is 2.29. The minimum atomic E-state index is -0.988. The number of fused-ring (bicyclic) bond motifs is 1. The number of aromatic nitrogens is 2. The molecule has 1 N–H and O–H groups in total. The maximum atomic E-state index is 10.8. The van der Waals surface area contributed by atoms with Crippen molar-refractivity contribution in [3.05, 3.63) is 35.4 Å². The van der Waals surface area contributed by atoms with Gasteiger partial charge >= 0.3 is 5.97 Å². The molecule has 0 radical (unpaired) electrons. The number of carboxylic acid groups (broad SMARTS) is 1. The molecule has 4 nitrogen and oxygen atoms in total. The van der Waals surface area contributed by atoms with Crippen LogP contribution in [0.3, 0.4) is 0 Å². The molecule has 2 aromatic heterocycles. The highest BCUT2D eigenvalue weighted by atomic mass is 16.4. The number of hydrogen-bond donors (Lipinski definition) is 1. The van der Waals surface area contributed by atoms with E-state index in [4.69, 9.17) is 5.11 Å². The molecule has 0 unspecified atom stereocenters. The van der Waals surface area contributed by atoms with Crippen LogP contribution in [-0.2, 0) is 6.42 Å². The molecule has 0 aliphatic carbocycles. The van der Waals surface area contributed by atoms with E-state index < -0.39 is 5.97 Å². The number of nitrogens with zero attached hydrogens (tertiary/aromatic N) is 2. The van der Waals surface area contributed by atoms with Crippen molar-refractivity contribution in [2.24, 2.45) is 0 Å². The third kappa shape index (κ3) is 1.66. The topological polar surface area (TPSA) is 54.6 Å². The molecule has 0 saturated carbocycles. The van der Waals surface area contributed by atoms with Gasteiger partial charge in [-0.25, -0.2) is 9.78 Å². The van der Waals surface area contributed by atoms with Crippen molar-refractivity contribution in [3.8, 4) is 0 Å². The van der Waals surface area contributed by atoms with Crippen LogP contribution in [0.25, 0.3) is 5.52 Å². The lowest BCUT2D eigenvalue weighted by Crippen LogP contribution is -2.01. The van der Waals surface area contributed by atoms with E-state index in [1.807, 2.05) is 17.4 Å². The third-order valence-corrected chi connectivity index (χ3v) is 2.76. The van der Waals surface area contributed by atoms with E-state index in [0.29, 0.717) is 0 Å². The average Bonchev–Trinajstić information content (AvgIpc) is 2.56. The van der Waals surface area contributed by atoms with E-state index in [0.717, 1.165) is 24.1 Å². The summed E-state index contributed by atoms with van der Waals surface area (Å²) >= 11 is 0. The minimum absolute atomic E-state index is 0.0908. The van der Waals surface area contributed by atoms with Crippen LogP contribution in [0.2, 0.25) is 0 Å². The number of aromatic carboxylic acids is 1. The summed E-state index contributed by atoms with van der Waals surface area (Å²) in [5, 5.41) is 8.85. The zero-order valence-electron chi connectivity index (χ0n) is 9.40. The highest BCUT2D eigenvalue weighted by Crippen LogP contribution is 2.17. The average molecular weight is 218 g/mol. The summed E-state index contributed by atoms with van der Waals surface area (Å²) in [5.41, 5.74) is 3.38. The van der Waals surface area contributed by atoms with Gasteiger partial charge in [-0.1, -0.05) is 13.3 Å². The molecule has 0 saturated heterocycles. The number of carboxylic acids is 1. The Hall–Kier alpha value is -1.84. The first-order chi connectivity index (χ1) is 7.63.